The zero-order chi connectivity index (χ0) is 14.1. The van der Waals surface area contributed by atoms with Gasteiger partial charge in [0.15, 0.2) is 0 Å². The summed E-state index contributed by atoms with van der Waals surface area (Å²) in [6.07, 6.45) is 3.83. The molecule has 0 aromatic carbocycles. The molecule has 1 rings (SSSR count). The summed E-state index contributed by atoms with van der Waals surface area (Å²) in [4.78, 5) is 15.9. The van der Waals surface area contributed by atoms with Crippen LogP contribution in [0.1, 0.15) is 53.9 Å². The number of nitrogens with zero attached hydrogens (tertiary/aromatic N) is 2. The van der Waals surface area contributed by atoms with E-state index in [1.165, 1.54) is 12.8 Å². The Bertz CT molecular complexity index is 300. The van der Waals surface area contributed by atoms with Crippen molar-refractivity contribution in [2.24, 2.45) is 11.3 Å². The van der Waals surface area contributed by atoms with Gasteiger partial charge >= 0.3 is 6.03 Å². The van der Waals surface area contributed by atoms with Crippen LogP contribution in [0, 0.1) is 11.3 Å². The summed E-state index contributed by atoms with van der Waals surface area (Å²) in [6, 6.07) is 0.120. The van der Waals surface area contributed by atoms with Crippen molar-refractivity contribution in [3.63, 3.8) is 0 Å². The van der Waals surface area contributed by atoms with Crippen LogP contribution in [0.3, 0.4) is 0 Å². The van der Waals surface area contributed by atoms with Crippen LogP contribution >= 0.6 is 0 Å². The molecule has 0 radical (unpaired) electrons. The summed E-state index contributed by atoms with van der Waals surface area (Å²) in [6.45, 7) is 11.7. The first-order valence-electron chi connectivity index (χ1n) is 7.04. The fraction of sp³-hybridized carbons (Fsp3) is 0.933. The van der Waals surface area contributed by atoms with E-state index in [9.17, 15) is 4.79 Å². The van der Waals surface area contributed by atoms with Gasteiger partial charge in [0.2, 0.25) is 0 Å². The van der Waals surface area contributed by atoms with E-state index in [0.717, 1.165) is 18.9 Å². The minimum absolute atomic E-state index is 0.114. The topological polar surface area (TPSA) is 23.6 Å². The molecule has 1 aliphatic carbocycles. The average Bonchev–Trinajstić information content (AvgIpc) is 3.06. The summed E-state index contributed by atoms with van der Waals surface area (Å²) in [7, 11) is 3.79. The molecule has 0 heterocycles. The van der Waals surface area contributed by atoms with Gasteiger partial charge in [-0.3, -0.25) is 0 Å². The molecule has 1 saturated carbocycles. The standard InChI is InChI=1S/C15H30N2O/c1-14(2,3)17(7)13(18)16(6)11-10-15(4,5)12-8-9-12/h12H,8-11H2,1-7H3. The van der Waals surface area contributed by atoms with E-state index in [1.54, 1.807) is 0 Å². The Morgan fingerprint density at radius 3 is 2.00 bits per heavy atom. The molecule has 18 heavy (non-hydrogen) atoms. The quantitative estimate of drug-likeness (QED) is 0.752. The van der Waals surface area contributed by atoms with Crippen LogP contribution in [0.15, 0.2) is 0 Å². The molecule has 0 spiro atoms. The number of carbonyl (C=O) groups excluding carboxylic acids is 1. The van der Waals surface area contributed by atoms with Gasteiger partial charge in [0.25, 0.3) is 0 Å². The van der Waals surface area contributed by atoms with Gasteiger partial charge in [0.05, 0.1) is 0 Å². The molecule has 3 nitrogen and oxygen atoms in total. The number of rotatable bonds is 4. The van der Waals surface area contributed by atoms with Crippen molar-refractivity contribution in [2.75, 3.05) is 20.6 Å². The lowest BCUT2D eigenvalue weighted by Crippen LogP contribution is -2.49. The molecule has 2 amide bonds. The van der Waals surface area contributed by atoms with E-state index in [1.807, 2.05) is 23.9 Å². The maximum Gasteiger partial charge on any atom is 0.319 e. The molecule has 1 fully saturated rings. The third kappa shape index (κ3) is 3.89. The SMILES string of the molecule is CN(CCC(C)(C)C1CC1)C(=O)N(C)C(C)(C)C. The van der Waals surface area contributed by atoms with Crippen molar-refractivity contribution in [3.8, 4) is 0 Å². The molecule has 0 aromatic heterocycles. The van der Waals surface area contributed by atoms with E-state index >= 15 is 0 Å². The van der Waals surface area contributed by atoms with Gasteiger partial charge < -0.3 is 9.80 Å². The Balaban J connectivity index is 2.45. The molecule has 0 aromatic rings. The largest absolute Gasteiger partial charge is 0.328 e. The van der Waals surface area contributed by atoms with Crippen molar-refractivity contribution in [1.82, 2.24) is 9.80 Å². The van der Waals surface area contributed by atoms with Crippen molar-refractivity contribution in [3.05, 3.63) is 0 Å². The van der Waals surface area contributed by atoms with Gasteiger partial charge in [0.1, 0.15) is 0 Å². The third-order valence-corrected chi connectivity index (χ3v) is 4.39. The summed E-state index contributed by atoms with van der Waals surface area (Å²) >= 11 is 0. The predicted molar refractivity (Wildman–Crippen MR) is 76.7 cm³/mol. The molecule has 1 aliphatic rings. The minimum Gasteiger partial charge on any atom is -0.328 e. The molecule has 0 saturated heterocycles. The molecule has 3 heteroatoms. The third-order valence-electron chi connectivity index (χ3n) is 4.39. The lowest BCUT2D eigenvalue weighted by molar-refractivity contribution is 0.128. The maximum atomic E-state index is 12.2. The van der Waals surface area contributed by atoms with E-state index < -0.39 is 0 Å². The Morgan fingerprint density at radius 1 is 1.11 bits per heavy atom. The van der Waals surface area contributed by atoms with Crippen LogP contribution < -0.4 is 0 Å². The summed E-state index contributed by atoms with van der Waals surface area (Å²) < 4.78 is 0. The molecule has 0 atom stereocenters. The number of amides is 2. The normalized spacial score (nSPS) is 16.6. The number of hydrogen-bond acceptors (Lipinski definition) is 1. The molecule has 0 aliphatic heterocycles. The van der Waals surface area contributed by atoms with E-state index in [4.69, 9.17) is 0 Å². The first-order chi connectivity index (χ1) is 8.05. The number of carbonyl (C=O) groups is 1. The van der Waals surface area contributed by atoms with Crippen LogP contribution in [0.2, 0.25) is 0 Å². The van der Waals surface area contributed by atoms with Gasteiger partial charge in [0, 0.05) is 26.2 Å². The molecular formula is C15H30N2O. The summed E-state index contributed by atoms with van der Waals surface area (Å²) in [5.41, 5.74) is 0.270. The second kappa shape index (κ2) is 5.10. The average molecular weight is 254 g/mol. The Kier molecular flexibility index (Phi) is 4.34. The zero-order valence-electron chi connectivity index (χ0n) is 13.2. The highest BCUT2D eigenvalue weighted by atomic mass is 16.2. The van der Waals surface area contributed by atoms with E-state index in [0.29, 0.717) is 5.41 Å². The zero-order valence-corrected chi connectivity index (χ0v) is 13.2. The lowest BCUT2D eigenvalue weighted by Gasteiger charge is -2.36. The van der Waals surface area contributed by atoms with Crippen LogP contribution in [0.4, 0.5) is 4.79 Å². The highest BCUT2D eigenvalue weighted by molar-refractivity contribution is 5.74. The van der Waals surface area contributed by atoms with Crippen LogP contribution in [-0.2, 0) is 0 Å². The van der Waals surface area contributed by atoms with Gasteiger partial charge in [-0.15, -0.1) is 0 Å². The highest BCUT2D eigenvalue weighted by Gasteiger charge is 2.37. The predicted octanol–water partition coefficient (Wildman–Crippen LogP) is 3.59. The molecule has 0 N–H and O–H groups in total. The molecule has 106 valence electrons. The number of urea groups is 1. The molecular weight excluding hydrogens is 224 g/mol. The molecule has 0 bridgehead atoms. The van der Waals surface area contributed by atoms with Crippen molar-refractivity contribution in [2.45, 2.75) is 59.4 Å². The van der Waals surface area contributed by atoms with Crippen LogP contribution in [-0.4, -0.2) is 42.0 Å². The fourth-order valence-electron chi connectivity index (χ4n) is 2.16. The monoisotopic (exact) mass is 254 g/mol. The fourth-order valence-corrected chi connectivity index (χ4v) is 2.16. The highest BCUT2D eigenvalue weighted by Crippen LogP contribution is 2.47. The van der Waals surface area contributed by atoms with E-state index in [2.05, 4.69) is 34.6 Å². The Hall–Kier alpha value is -0.730. The van der Waals surface area contributed by atoms with Gasteiger partial charge in [-0.25, -0.2) is 4.79 Å². The summed E-state index contributed by atoms with van der Waals surface area (Å²) in [5, 5.41) is 0. The van der Waals surface area contributed by atoms with Gasteiger partial charge in [-0.1, -0.05) is 13.8 Å². The Morgan fingerprint density at radius 2 is 1.61 bits per heavy atom. The first kappa shape index (κ1) is 15.3. The van der Waals surface area contributed by atoms with Crippen molar-refractivity contribution in [1.29, 1.82) is 0 Å². The van der Waals surface area contributed by atoms with Gasteiger partial charge in [-0.05, 0) is 51.4 Å². The van der Waals surface area contributed by atoms with Crippen LogP contribution in [0.25, 0.3) is 0 Å². The first-order valence-corrected chi connectivity index (χ1v) is 7.04. The minimum atomic E-state index is -0.114. The van der Waals surface area contributed by atoms with Crippen molar-refractivity contribution < 1.29 is 4.79 Å². The summed E-state index contributed by atoms with van der Waals surface area (Å²) in [5.74, 6) is 0.876. The second-order valence-corrected chi connectivity index (χ2v) is 7.45. The van der Waals surface area contributed by atoms with E-state index in [-0.39, 0.29) is 11.6 Å². The van der Waals surface area contributed by atoms with Crippen LogP contribution in [0.5, 0.6) is 0 Å². The number of hydrogen-bond donors (Lipinski definition) is 0. The van der Waals surface area contributed by atoms with Crippen molar-refractivity contribution >= 4 is 6.03 Å². The lowest BCUT2D eigenvalue weighted by atomic mass is 9.84. The molecule has 0 unspecified atom stereocenters. The second-order valence-electron chi connectivity index (χ2n) is 7.45. The maximum absolute atomic E-state index is 12.2. The van der Waals surface area contributed by atoms with Gasteiger partial charge in [-0.2, -0.15) is 0 Å². The smallest absolute Gasteiger partial charge is 0.319 e. The Labute approximate surface area is 113 Å².